The lowest BCUT2D eigenvalue weighted by Gasteiger charge is -2.35. The first-order valence-electron chi connectivity index (χ1n) is 6.63. The van der Waals surface area contributed by atoms with Gasteiger partial charge in [0.05, 0.1) is 5.56 Å². The first-order valence-corrected chi connectivity index (χ1v) is 6.63. The molecular formula is C15H19FO2. The van der Waals surface area contributed by atoms with Crippen LogP contribution < -0.4 is 0 Å². The van der Waals surface area contributed by atoms with E-state index in [0.29, 0.717) is 19.4 Å². The molecule has 0 N–H and O–H groups in total. The lowest BCUT2D eigenvalue weighted by molar-refractivity contribution is -0.0413. The fourth-order valence-electron chi connectivity index (χ4n) is 2.73. The molecule has 2 nitrogen and oxygen atoms in total. The summed E-state index contributed by atoms with van der Waals surface area (Å²) in [6, 6.07) is 6.17. The van der Waals surface area contributed by atoms with Crippen molar-refractivity contribution in [2.24, 2.45) is 0 Å². The lowest BCUT2D eigenvalue weighted by Crippen LogP contribution is -2.43. The molecule has 1 aromatic carbocycles. The van der Waals surface area contributed by atoms with Gasteiger partial charge >= 0.3 is 0 Å². The first kappa shape index (κ1) is 13.2. The van der Waals surface area contributed by atoms with Crippen LogP contribution in [0, 0.1) is 5.82 Å². The Labute approximate surface area is 107 Å². The second kappa shape index (κ2) is 5.61. The molecule has 0 saturated heterocycles. The van der Waals surface area contributed by atoms with E-state index in [0.717, 1.165) is 19.3 Å². The van der Waals surface area contributed by atoms with Gasteiger partial charge in [-0.1, -0.05) is 31.4 Å². The van der Waals surface area contributed by atoms with Crippen molar-refractivity contribution in [2.45, 2.75) is 44.6 Å². The van der Waals surface area contributed by atoms with Gasteiger partial charge in [-0.25, -0.2) is 4.39 Å². The highest BCUT2D eigenvalue weighted by Gasteiger charge is 2.41. The summed E-state index contributed by atoms with van der Waals surface area (Å²) in [6.07, 6.45) is 4.47. The molecule has 0 spiro atoms. The zero-order valence-electron chi connectivity index (χ0n) is 10.7. The second-order valence-corrected chi connectivity index (χ2v) is 4.80. The number of Topliss-reactive ketones (excluding diaryl/α,β-unsaturated/α-hetero) is 1. The average molecular weight is 250 g/mol. The van der Waals surface area contributed by atoms with E-state index >= 15 is 0 Å². The van der Waals surface area contributed by atoms with E-state index in [1.807, 2.05) is 6.92 Å². The molecule has 0 unspecified atom stereocenters. The average Bonchev–Trinajstić information content (AvgIpc) is 2.40. The van der Waals surface area contributed by atoms with E-state index in [1.54, 1.807) is 18.2 Å². The summed E-state index contributed by atoms with van der Waals surface area (Å²) in [4.78, 5) is 12.6. The molecule has 2 rings (SSSR count). The van der Waals surface area contributed by atoms with Crippen LogP contribution in [0.5, 0.6) is 0 Å². The molecule has 0 aromatic heterocycles. The molecule has 18 heavy (non-hydrogen) atoms. The van der Waals surface area contributed by atoms with Gasteiger partial charge in [-0.3, -0.25) is 4.79 Å². The van der Waals surface area contributed by atoms with Gasteiger partial charge in [0.1, 0.15) is 11.4 Å². The number of rotatable bonds is 4. The fraction of sp³-hybridized carbons (Fsp3) is 0.533. The van der Waals surface area contributed by atoms with Gasteiger partial charge < -0.3 is 4.74 Å². The second-order valence-electron chi connectivity index (χ2n) is 4.80. The number of ketones is 1. The highest BCUT2D eigenvalue weighted by Crippen LogP contribution is 2.35. The van der Waals surface area contributed by atoms with Gasteiger partial charge in [-0.15, -0.1) is 0 Å². The van der Waals surface area contributed by atoms with Crippen LogP contribution in [-0.2, 0) is 4.74 Å². The van der Waals surface area contributed by atoms with Crippen molar-refractivity contribution in [3.05, 3.63) is 35.6 Å². The number of hydrogen-bond donors (Lipinski definition) is 0. The Morgan fingerprint density at radius 1 is 1.28 bits per heavy atom. The molecule has 98 valence electrons. The maximum atomic E-state index is 13.7. The van der Waals surface area contributed by atoms with E-state index in [4.69, 9.17) is 4.74 Å². The van der Waals surface area contributed by atoms with E-state index in [1.165, 1.54) is 6.07 Å². The summed E-state index contributed by atoms with van der Waals surface area (Å²) in [5.41, 5.74) is -0.636. The standard InChI is InChI=1S/C15H19FO2/c1-2-18-15(10-6-3-7-11-15)14(17)12-8-4-5-9-13(12)16/h4-5,8-9H,2-3,6-7,10-11H2,1H3. The molecule has 1 aliphatic rings. The van der Waals surface area contributed by atoms with Crippen molar-refractivity contribution in [1.29, 1.82) is 0 Å². The molecule has 1 saturated carbocycles. The van der Waals surface area contributed by atoms with Crippen molar-refractivity contribution in [3.63, 3.8) is 0 Å². The minimum atomic E-state index is -0.796. The minimum absolute atomic E-state index is 0.160. The van der Waals surface area contributed by atoms with Crippen LogP contribution in [0.2, 0.25) is 0 Å². The van der Waals surface area contributed by atoms with Crippen LogP contribution in [0.3, 0.4) is 0 Å². The Bertz CT molecular complexity index is 417. The van der Waals surface area contributed by atoms with Crippen molar-refractivity contribution in [2.75, 3.05) is 6.61 Å². The van der Waals surface area contributed by atoms with Gasteiger partial charge in [0.15, 0.2) is 5.78 Å². The first-order chi connectivity index (χ1) is 8.69. The zero-order chi connectivity index (χ0) is 13.0. The third-order valence-corrected chi connectivity index (χ3v) is 3.61. The molecule has 0 heterocycles. The molecule has 0 bridgehead atoms. The maximum absolute atomic E-state index is 13.7. The summed E-state index contributed by atoms with van der Waals surface area (Å²) in [6.45, 7) is 2.37. The third-order valence-electron chi connectivity index (χ3n) is 3.61. The number of hydrogen-bond acceptors (Lipinski definition) is 2. The van der Waals surface area contributed by atoms with Crippen LogP contribution in [0.25, 0.3) is 0 Å². The van der Waals surface area contributed by atoms with Crippen molar-refractivity contribution >= 4 is 5.78 Å². The predicted molar refractivity (Wildman–Crippen MR) is 68.2 cm³/mol. The Hall–Kier alpha value is -1.22. The maximum Gasteiger partial charge on any atom is 0.197 e. The number of halogens is 1. The minimum Gasteiger partial charge on any atom is -0.367 e. The number of carbonyl (C=O) groups is 1. The van der Waals surface area contributed by atoms with Crippen LogP contribution in [0.15, 0.2) is 24.3 Å². The van der Waals surface area contributed by atoms with Crippen molar-refractivity contribution in [1.82, 2.24) is 0 Å². The molecule has 1 aliphatic carbocycles. The molecule has 0 atom stereocenters. The number of ether oxygens (including phenoxy) is 1. The van der Waals surface area contributed by atoms with E-state index in [-0.39, 0.29) is 11.3 Å². The Kier molecular flexibility index (Phi) is 4.12. The van der Waals surface area contributed by atoms with E-state index < -0.39 is 11.4 Å². The Morgan fingerprint density at radius 3 is 2.56 bits per heavy atom. The SMILES string of the molecule is CCOC1(C(=O)c2ccccc2F)CCCCC1. The van der Waals surface area contributed by atoms with E-state index in [9.17, 15) is 9.18 Å². The van der Waals surface area contributed by atoms with E-state index in [2.05, 4.69) is 0 Å². The number of carbonyl (C=O) groups excluding carboxylic acids is 1. The third kappa shape index (κ3) is 2.46. The smallest absolute Gasteiger partial charge is 0.197 e. The van der Waals surface area contributed by atoms with Crippen molar-refractivity contribution < 1.29 is 13.9 Å². The molecule has 0 amide bonds. The summed E-state index contributed by atoms with van der Waals surface area (Å²) in [5.74, 6) is -0.644. The van der Waals surface area contributed by atoms with Gasteiger partial charge in [0, 0.05) is 6.61 Å². The monoisotopic (exact) mass is 250 g/mol. The highest BCUT2D eigenvalue weighted by atomic mass is 19.1. The molecule has 1 fully saturated rings. The predicted octanol–water partition coefficient (Wildman–Crippen LogP) is 3.75. The van der Waals surface area contributed by atoms with Crippen LogP contribution in [-0.4, -0.2) is 18.0 Å². The zero-order valence-corrected chi connectivity index (χ0v) is 10.7. The lowest BCUT2D eigenvalue weighted by atomic mass is 9.79. The van der Waals surface area contributed by atoms with Gasteiger partial charge in [0.2, 0.25) is 0 Å². The van der Waals surface area contributed by atoms with Gasteiger partial charge in [-0.2, -0.15) is 0 Å². The molecule has 3 heteroatoms. The molecule has 1 aromatic rings. The van der Waals surface area contributed by atoms with Crippen molar-refractivity contribution in [3.8, 4) is 0 Å². The summed E-state index contributed by atoms with van der Waals surface area (Å²) < 4.78 is 19.5. The molecular weight excluding hydrogens is 231 g/mol. The topological polar surface area (TPSA) is 26.3 Å². The van der Waals surface area contributed by atoms with Gasteiger partial charge in [0.25, 0.3) is 0 Å². The summed E-state index contributed by atoms with van der Waals surface area (Å²) >= 11 is 0. The number of benzene rings is 1. The van der Waals surface area contributed by atoms with Crippen LogP contribution in [0.1, 0.15) is 49.4 Å². The highest BCUT2D eigenvalue weighted by molar-refractivity contribution is 6.02. The van der Waals surface area contributed by atoms with Crippen LogP contribution >= 0.6 is 0 Å². The molecule has 0 radical (unpaired) electrons. The Morgan fingerprint density at radius 2 is 1.94 bits per heavy atom. The van der Waals surface area contributed by atoms with Crippen LogP contribution in [0.4, 0.5) is 4.39 Å². The van der Waals surface area contributed by atoms with Gasteiger partial charge in [-0.05, 0) is 31.9 Å². The molecule has 0 aliphatic heterocycles. The quantitative estimate of drug-likeness (QED) is 0.761. The fourth-order valence-corrected chi connectivity index (χ4v) is 2.73. The largest absolute Gasteiger partial charge is 0.367 e. The Balaban J connectivity index is 2.31. The summed E-state index contributed by atoms with van der Waals surface area (Å²) in [5, 5.41) is 0. The normalized spacial score (nSPS) is 18.6. The summed E-state index contributed by atoms with van der Waals surface area (Å²) in [7, 11) is 0.